The van der Waals surface area contributed by atoms with Crippen LogP contribution in [-0.4, -0.2) is 24.5 Å². The van der Waals surface area contributed by atoms with Crippen LogP contribution < -0.4 is 0 Å². The fraction of sp³-hybridized carbons (Fsp3) is 0.667. The number of hydrogen-bond donors (Lipinski definition) is 0. The van der Waals surface area contributed by atoms with Gasteiger partial charge in [0, 0.05) is 5.54 Å². The average molecular weight is 257 g/mol. The largest absolute Gasteiger partial charge is 0.304 e. The molecule has 2 aliphatic rings. The van der Waals surface area contributed by atoms with Gasteiger partial charge in [-0.05, 0) is 101 Å². The van der Waals surface area contributed by atoms with E-state index in [0.717, 1.165) is 0 Å². The third-order valence-electron chi connectivity index (χ3n) is 5.42. The van der Waals surface area contributed by atoms with E-state index in [1.165, 1.54) is 44.9 Å². The van der Waals surface area contributed by atoms with Gasteiger partial charge >= 0.3 is 0 Å². The predicted molar refractivity (Wildman–Crippen MR) is 82.0 cm³/mol. The Balaban J connectivity index is 2.05. The van der Waals surface area contributed by atoms with E-state index < -0.39 is 0 Å². The molecule has 0 spiro atoms. The van der Waals surface area contributed by atoms with E-state index in [1.54, 1.807) is 27.8 Å². The average Bonchev–Trinajstić information content (AvgIpc) is 2.95. The maximum Gasteiger partial charge on any atom is 0.0187 e. The molecule has 0 unspecified atom stereocenters. The van der Waals surface area contributed by atoms with E-state index in [0.29, 0.717) is 0 Å². The lowest BCUT2D eigenvalue weighted by molar-refractivity contribution is 0.194. The topological polar surface area (TPSA) is 3.24 Å². The molecule has 0 atom stereocenters. The Kier molecular flexibility index (Phi) is 3.21. The molecule has 0 amide bonds. The highest BCUT2D eigenvalue weighted by molar-refractivity contribution is 5.50. The van der Waals surface area contributed by atoms with Crippen LogP contribution in [0.1, 0.15) is 54.5 Å². The number of nitrogens with zero attached hydrogens (tertiary/aromatic N) is 1. The maximum absolute atomic E-state index is 2.54. The van der Waals surface area contributed by atoms with Gasteiger partial charge < -0.3 is 4.90 Å². The Hall–Kier alpha value is -0.820. The monoisotopic (exact) mass is 257 g/mol. The number of hydrogen-bond acceptors (Lipinski definition) is 1. The van der Waals surface area contributed by atoms with Crippen LogP contribution in [0.15, 0.2) is 6.07 Å². The Morgan fingerprint density at radius 2 is 1.47 bits per heavy atom. The van der Waals surface area contributed by atoms with Gasteiger partial charge in [-0.1, -0.05) is 6.07 Å². The molecule has 1 nitrogen and oxygen atoms in total. The van der Waals surface area contributed by atoms with Gasteiger partial charge in [-0.25, -0.2) is 0 Å². The number of fused-ring (bicyclic) bond motifs is 2. The van der Waals surface area contributed by atoms with Crippen LogP contribution >= 0.6 is 0 Å². The van der Waals surface area contributed by atoms with Crippen LogP contribution in [0.25, 0.3) is 0 Å². The molecule has 0 saturated carbocycles. The highest BCUT2D eigenvalue weighted by atomic mass is 15.1. The van der Waals surface area contributed by atoms with Gasteiger partial charge in [-0.3, -0.25) is 0 Å². The summed E-state index contributed by atoms with van der Waals surface area (Å²) in [5, 5.41) is 0. The highest BCUT2D eigenvalue weighted by Crippen LogP contribution is 2.37. The molecule has 0 bridgehead atoms. The molecule has 19 heavy (non-hydrogen) atoms. The fourth-order valence-corrected chi connectivity index (χ4v) is 3.74. The van der Waals surface area contributed by atoms with E-state index in [1.807, 2.05) is 0 Å². The minimum absolute atomic E-state index is 0.258. The molecule has 2 aliphatic carbocycles. The number of likely N-dealkylation sites (N-methyl/N-ethyl adjacent to an activating group) is 1. The molecule has 0 aromatic heterocycles. The van der Waals surface area contributed by atoms with Gasteiger partial charge in [0.2, 0.25) is 0 Å². The van der Waals surface area contributed by atoms with Crippen molar-refractivity contribution in [2.75, 3.05) is 14.1 Å². The first-order valence-electron chi connectivity index (χ1n) is 7.82. The smallest absolute Gasteiger partial charge is 0.0187 e. The van der Waals surface area contributed by atoms with E-state index in [9.17, 15) is 0 Å². The number of aryl methyl sites for hydroxylation is 2. The van der Waals surface area contributed by atoms with Crippen molar-refractivity contribution in [2.24, 2.45) is 0 Å². The first-order valence-corrected chi connectivity index (χ1v) is 7.82. The fourth-order valence-electron chi connectivity index (χ4n) is 3.74. The molecule has 3 rings (SSSR count). The molecular formula is C18H27N. The van der Waals surface area contributed by atoms with Crippen molar-refractivity contribution < 1.29 is 0 Å². The Morgan fingerprint density at radius 1 is 0.947 bits per heavy atom. The van der Waals surface area contributed by atoms with Crippen LogP contribution in [0.5, 0.6) is 0 Å². The molecule has 0 heterocycles. The molecule has 0 aliphatic heterocycles. The molecule has 0 fully saturated rings. The zero-order chi connectivity index (χ0) is 13.6. The molecule has 0 N–H and O–H groups in total. The summed E-state index contributed by atoms with van der Waals surface area (Å²) in [5.41, 5.74) is 8.76. The van der Waals surface area contributed by atoms with Gasteiger partial charge in [0.05, 0.1) is 0 Å². The van der Waals surface area contributed by atoms with Crippen molar-refractivity contribution >= 4 is 0 Å². The molecule has 0 saturated heterocycles. The molecule has 1 heteroatoms. The number of benzene rings is 1. The Labute approximate surface area is 118 Å². The lowest BCUT2D eigenvalue weighted by atomic mass is 9.85. The first-order chi connectivity index (χ1) is 8.99. The van der Waals surface area contributed by atoms with Crippen molar-refractivity contribution in [1.82, 2.24) is 4.90 Å². The van der Waals surface area contributed by atoms with E-state index in [2.05, 4.69) is 38.9 Å². The molecule has 1 aromatic carbocycles. The van der Waals surface area contributed by atoms with Crippen molar-refractivity contribution in [3.63, 3.8) is 0 Å². The van der Waals surface area contributed by atoms with Gasteiger partial charge in [-0.15, -0.1) is 0 Å². The van der Waals surface area contributed by atoms with Crippen molar-refractivity contribution in [3.05, 3.63) is 33.9 Å². The summed E-state index contributed by atoms with van der Waals surface area (Å²) in [4.78, 5) is 2.38. The molecule has 104 valence electrons. The predicted octanol–water partition coefficient (Wildman–Crippen LogP) is 3.55. The zero-order valence-electron chi connectivity index (χ0n) is 13.0. The van der Waals surface area contributed by atoms with Crippen LogP contribution in [-0.2, 0) is 32.1 Å². The third-order valence-corrected chi connectivity index (χ3v) is 5.42. The normalized spacial score (nSPS) is 17.9. The first kappa shape index (κ1) is 13.2. The molecular weight excluding hydrogens is 230 g/mol. The summed E-state index contributed by atoms with van der Waals surface area (Å²) in [5.74, 6) is 0. The maximum atomic E-state index is 2.54. The quantitative estimate of drug-likeness (QED) is 0.800. The van der Waals surface area contributed by atoms with E-state index >= 15 is 0 Å². The summed E-state index contributed by atoms with van der Waals surface area (Å²) < 4.78 is 0. The van der Waals surface area contributed by atoms with Crippen molar-refractivity contribution in [2.45, 2.75) is 64.3 Å². The highest BCUT2D eigenvalue weighted by Gasteiger charge is 2.29. The Morgan fingerprint density at radius 3 is 1.95 bits per heavy atom. The minimum atomic E-state index is 0.258. The molecule has 1 aromatic rings. The van der Waals surface area contributed by atoms with Crippen LogP contribution in [0, 0.1) is 0 Å². The minimum Gasteiger partial charge on any atom is -0.304 e. The second kappa shape index (κ2) is 4.63. The lowest BCUT2D eigenvalue weighted by Gasteiger charge is -2.34. The Bertz CT molecular complexity index is 465. The second-order valence-electron chi connectivity index (χ2n) is 7.22. The second-order valence-corrected chi connectivity index (χ2v) is 7.22. The molecule has 0 radical (unpaired) electrons. The van der Waals surface area contributed by atoms with Gasteiger partial charge in [0.25, 0.3) is 0 Å². The SMILES string of the molecule is CN(C)C(C)(C)Cc1c2c(cc3c1CCC3)CCC2. The third kappa shape index (κ3) is 2.23. The summed E-state index contributed by atoms with van der Waals surface area (Å²) >= 11 is 0. The zero-order valence-corrected chi connectivity index (χ0v) is 13.0. The van der Waals surface area contributed by atoms with Gasteiger partial charge in [-0.2, -0.15) is 0 Å². The summed E-state index contributed by atoms with van der Waals surface area (Å²) in [6.45, 7) is 4.76. The van der Waals surface area contributed by atoms with E-state index in [4.69, 9.17) is 0 Å². The van der Waals surface area contributed by atoms with Gasteiger partial charge in [0.1, 0.15) is 0 Å². The summed E-state index contributed by atoms with van der Waals surface area (Å²) in [6, 6.07) is 2.54. The lowest BCUT2D eigenvalue weighted by Crippen LogP contribution is -2.40. The van der Waals surface area contributed by atoms with Gasteiger partial charge in [0.15, 0.2) is 0 Å². The standard InChI is InChI=1S/C18H27N/c1-18(2,19(3)4)12-17-15-9-5-7-13(15)11-14-8-6-10-16(14)17/h11H,5-10,12H2,1-4H3. The summed E-state index contributed by atoms with van der Waals surface area (Å²) in [7, 11) is 4.42. The summed E-state index contributed by atoms with van der Waals surface area (Å²) in [6.07, 6.45) is 9.23. The van der Waals surface area contributed by atoms with Crippen LogP contribution in [0.2, 0.25) is 0 Å². The number of rotatable bonds is 3. The van der Waals surface area contributed by atoms with Crippen molar-refractivity contribution in [3.8, 4) is 0 Å². The van der Waals surface area contributed by atoms with E-state index in [-0.39, 0.29) is 5.54 Å². The van der Waals surface area contributed by atoms with Crippen LogP contribution in [0.3, 0.4) is 0 Å². The van der Waals surface area contributed by atoms with Crippen molar-refractivity contribution in [1.29, 1.82) is 0 Å². The van der Waals surface area contributed by atoms with Crippen LogP contribution in [0.4, 0.5) is 0 Å².